The average molecular weight is 213 g/mol. The summed E-state index contributed by atoms with van der Waals surface area (Å²) in [6.07, 6.45) is -2.85. The number of hydrogen-bond donors (Lipinski definition) is 1. The zero-order valence-corrected chi connectivity index (χ0v) is 7.42. The van der Waals surface area contributed by atoms with Crippen LogP contribution in [0.1, 0.15) is 12.1 Å². The molecule has 2 rings (SSSR count). The van der Waals surface area contributed by atoms with Crippen molar-refractivity contribution < 1.29 is 18.3 Å². The minimum absolute atomic E-state index is 0.226. The van der Waals surface area contributed by atoms with Crippen molar-refractivity contribution in [3.05, 3.63) is 35.8 Å². The zero-order valence-electron chi connectivity index (χ0n) is 7.42. The summed E-state index contributed by atoms with van der Waals surface area (Å²) in [5.74, 6) is -1.13. The fourth-order valence-corrected chi connectivity index (χ4v) is 1.31. The Bertz CT molecular complexity index is 513. The van der Waals surface area contributed by atoms with Gasteiger partial charge in [0.05, 0.1) is 5.52 Å². The molecular weight excluding hydrogens is 207 g/mol. The monoisotopic (exact) mass is 213 g/mol. The van der Waals surface area contributed by atoms with E-state index < -0.39 is 23.7 Å². The lowest BCUT2D eigenvalue weighted by Gasteiger charge is -2.04. The number of hydrogen-bond acceptors (Lipinski definition) is 2. The van der Waals surface area contributed by atoms with Crippen LogP contribution >= 0.6 is 0 Å². The Labute approximate surface area is 83.0 Å². The fourth-order valence-electron chi connectivity index (χ4n) is 1.31. The molecule has 0 fully saturated rings. The minimum Gasteiger partial charge on any atom is -0.506 e. The molecule has 1 aromatic heterocycles. The minimum atomic E-state index is -2.85. The number of rotatable bonds is 1. The van der Waals surface area contributed by atoms with Gasteiger partial charge in [0.1, 0.15) is 17.3 Å². The summed E-state index contributed by atoms with van der Waals surface area (Å²) < 4.78 is 37.4. The molecule has 0 unspecified atom stereocenters. The van der Waals surface area contributed by atoms with Crippen molar-refractivity contribution in [3.8, 4) is 5.75 Å². The third-order valence-corrected chi connectivity index (χ3v) is 1.99. The average Bonchev–Trinajstić information content (AvgIpc) is 2.15. The van der Waals surface area contributed by atoms with Gasteiger partial charge in [-0.15, -0.1) is 0 Å². The summed E-state index contributed by atoms with van der Waals surface area (Å²) in [6, 6.07) is 4.61. The van der Waals surface area contributed by atoms with Crippen molar-refractivity contribution in [1.82, 2.24) is 4.98 Å². The molecule has 0 aliphatic carbocycles. The second-order valence-electron chi connectivity index (χ2n) is 3.03. The number of aromatic hydroxyl groups is 1. The molecular formula is C10H6F3NO. The highest BCUT2D eigenvalue weighted by atomic mass is 19.3. The predicted molar refractivity (Wildman–Crippen MR) is 48.3 cm³/mol. The summed E-state index contributed by atoms with van der Waals surface area (Å²) in [6.45, 7) is 0. The maximum Gasteiger partial charge on any atom is 0.284 e. The van der Waals surface area contributed by atoms with Gasteiger partial charge < -0.3 is 5.11 Å². The molecule has 0 radical (unpaired) electrons. The Morgan fingerprint density at radius 3 is 2.60 bits per heavy atom. The summed E-state index contributed by atoms with van der Waals surface area (Å²) in [7, 11) is 0. The van der Waals surface area contributed by atoms with Crippen LogP contribution in [0.5, 0.6) is 5.75 Å². The van der Waals surface area contributed by atoms with Gasteiger partial charge in [-0.1, -0.05) is 0 Å². The van der Waals surface area contributed by atoms with E-state index in [-0.39, 0.29) is 10.9 Å². The topological polar surface area (TPSA) is 33.1 Å². The molecule has 0 saturated carbocycles. The number of pyridine rings is 1. The van der Waals surface area contributed by atoms with Crippen LogP contribution < -0.4 is 0 Å². The summed E-state index contributed by atoms with van der Waals surface area (Å²) in [5, 5.41) is 9.49. The van der Waals surface area contributed by atoms with Crippen molar-refractivity contribution in [2.24, 2.45) is 0 Å². The van der Waals surface area contributed by atoms with E-state index in [9.17, 15) is 18.3 Å². The molecule has 1 aromatic carbocycles. The number of benzene rings is 1. The zero-order chi connectivity index (χ0) is 11.0. The molecule has 1 heterocycles. The first kappa shape index (κ1) is 9.76. The Hall–Kier alpha value is -1.78. The number of halogens is 3. The molecule has 0 atom stereocenters. The first-order valence-corrected chi connectivity index (χ1v) is 4.15. The molecule has 0 bridgehead atoms. The van der Waals surface area contributed by atoms with Crippen molar-refractivity contribution in [2.45, 2.75) is 6.43 Å². The molecule has 0 aliphatic rings. The van der Waals surface area contributed by atoms with Crippen molar-refractivity contribution in [3.63, 3.8) is 0 Å². The van der Waals surface area contributed by atoms with Crippen LogP contribution in [0.25, 0.3) is 10.9 Å². The van der Waals surface area contributed by atoms with E-state index in [1.165, 1.54) is 6.07 Å². The Kier molecular flexibility index (Phi) is 2.22. The molecule has 78 valence electrons. The maximum absolute atomic E-state index is 12.8. The number of fused-ring (bicyclic) bond motifs is 1. The quantitative estimate of drug-likeness (QED) is 0.789. The lowest BCUT2D eigenvalue weighted by Crippen LogP contribution is -1.92. The SMILES string of the molecule is Oc1cc2cc(F)ccc2nc1C(F)F. The highest BCUT2D eigenvalue weighted by molar-refractivity contribution is 5.80. The van der Waals surface area contributed by atoms with Crippen LogP contribution in [-0.4, -0.2) is 10.1 Å². The van der Waals surface area contributed by atoms with Crippen molar-refractivity contribution >= 4 is 10.9 Å². The van der Waals surface area contributed by atoms with E-state index in [2.05, 4.69) is 4.98 Å². The molecule has 0 saturated heterocycles. The first-order chi connectivity index (χ1) is 7.08. The van der Waals surface area contributed by atoms with Crippen molar-refractivity contribution in [2.75, 3.05) is 0 Å². The van der Waals surface area contributed by atoms with Crippen LogP contribution in [0, 0.1) is 5.82 Å². The molecule has 1 N–H and O–H groups in total. The largest absolute Gasteiger partial charge is 0.506 e. The smallest absolute Gasteiger partial charge is 0.284 e. The third-order valence-electron chi connectivity index (χ3n) is 1.99. The highest BCUT2D eigenvalue weighted by Gasteiger charge is 2.15. The van der Waals surface area contributed by atoms with Crippen LogP contribution in [0.15, 0.2) is 24.3 Å². The highest BCUT2D eigenvalue weighted by Crippen LogP contribution is 2.29. The Morgan fingerprint density at radius 1 is 1.20 bits per heavy atom. The lowest BCUT2D eigenvalue weighted by molar-refractivity contribution is 0.142. The second kappa shape index (κ2) is 3.42. The van der Waals surface area contributed by atoms with Gasteiger partial charge >= 0.3 is 0 Å². The van der Waals surface area contributed by atoms with E-state index in [0.29, 0.717) is 0 Å². The molecule has 2 nitrogen and oxygen atoms in total. The maximum atomic E-state index is 12.8. The molecule has 2 aromatic rings. The van der Waals surface area contributed by atoms with Crippen molar-refractivity contribution in [1.29, 1.82) is 0 Å². The molecule has 15 heavy (non-hydrogen) atoms. The van der Waals surface area contributed by atoms with E-state index in [4.69, 9.17) is 0 Å². The summed E-state index contributed by atoms with van der Waals surface area (Å²) >= 11 is 0. The van der Waals surface area contributed by atoms with Gasteiger partial charge in [-0.2, -0.15) is 0 Å². The Balaban J connectivity index is 2.71. The summed E-state index contributed by atoms with van der Waals surface area (Å²) in [4.78, 5) is 3.55. The van der Waals surface area contributed by atoms with E-state index in [1.807, 2.05) is 0 Å². The molecule has 5 heteroatoms. The van der Waals surface area contributed by atoms with Gasteiger partial charge in [0, 0.05) is 5.39 Å². The second-order valence-corrected chi connectivity index (χ2v) is 3.03. The van der Waals surface area contributed by atoms with Gasteiger partial charge in [-0.25, -0.2) is 18.2 Å². The van der Waals surface area contributed by atoms with Gasteiger partial charge in [0.15, 0.2) is 0 Å². The van der Waals surface area contributed by atoms with E-state index in [0.717, 1.165) is 18.2 Å². The third kappa shape index (κ3) is 1.72. The van der Waals surface area contributed by atoms with Crippen LogP contribution in [-0.2, 0) is 0 Å². The van der Waals surface area contributed by atoms with E-state index >= 15 is 0 Å². The fraction of sp³-hybridized carbons (Fsp3) is 0.100. The predicted octanol–water partition coefficient (Wildman–Crippen LogP) is 3.02. The van der Waals surface area contributed by atoms with E-state index in [1.54, 1.807) is 0 Å². The van der Waals surface area contributed by atoms with Gasteiger partial charge in [-0.05, 0) is 24.3 Å². The summed E-state index contributed by atoms with van der Waals surface area (Å²) in [5.41, 5.74) is -0.460. The molecule has 0 aliphatic heterocycles. The first-order valence-electron chi connectivity index (χ1n) is 4.15. The van der Waals surface area contributed by atoms with Crippen LogP contribution in [0.2, 0.25) is 0 Å². The van der Waals surface area contributed by atoms with Gasteiger partial charge in [0.25, 0.3) is 6.43 Å². The standard InChI is InChI=1S/C10H6F3NO/c11-6-1-2-7-5(3-6)4-8(15)9(14-7)10(12)13/h1-4,10,15H. The molecule has 0 spiro atoms. The number of nitrogens with zero attached hydrogens (tertiary/aromatic N) is 1. The Morgan fingerprint density at radius 2 is 1.93 bits per heavy atom. The normalized spacial score (nSPS) is 11.2. The molecule has 0 amide bonds. The number of aromatic nitrogens is 1. The van der Waals surface area contributed by atoms with Crippen LogP contribution in [0.4, 0.5) is 13.2 Å². The van der Waals surface area contributed by atoms with Gasteiger partial charge in [0.2, 0.25) is 0 Å². The van der Waals surface area contributed by atoms with Gasteiger partial charge in [-0.3, -0.25) is 0 Å². The van der Waals surface area contributed by atoms with Crippen LogP contribution in [0.3, 0.4) is 0 Å². The lowest BCUT2D eigenvalue weighted by atomic mass is 10.2. The number of alkyl halides is 2.